The van der Waals surface area contributed by atoms with Gasteiger partial charge in [-0.3, -0.25) is 4.90 Å². The molecule has 1 unspecified atom stereocenters. The Kier molecular flexibility index (Phi) is 6.56. The fraction of sp³-hybridized carbons (Fsp3) is 0.375. The lowest BCUT2D eigenvalue weighted by molar-refractivity contribution is 0.0763. The summed E-state index contributed by atoms with van der Waals surface area (Å²) in [5, 5.41) is 10.8. The number of thiophene rings is 1. The van der Waals surface area contributed by atoms with E-state index in [0.29, 0.717) is 13.2 Å². The standard InChI is InChI=1S/C24H29NO4S/c1-6-28-19-8-10-20(11-9-19)29-15-17-7-12-21-18(13-17)14-22(30-21)16(2)25(23(26)27)24(3,4)5/h7-14,16H,6,15H2,1-5H3,(H,26,27). The minimum absolute atomic E-state index is 0.219. The number of hydrogen-bond acceptors (Lipinski definition) is 4. The first-order valence-corrected chi connectivity index (χ1v) is 10.9. The average molecular weight is 428 g/mol. The van der Waals surface area contributed by atoms with Crippen molar-refractivity contribution in [1.82, 2.24) is 4.90 Å². The summed E-state index contributed by atoms with van der Waals surface area (Å²) in [5.41, 5.74) is 0.595. The number of carbonyl (C=O) groups is 1. The van der Waals surface area contributed by atoms with Crippen molar-refractivity contribution in [3.05, 3.63) is 59.0 Å². The zero-order chi connectivity index (χ0) is 21.9. The largest absolute Gasteiger partial charge is 0.494 e. The summed E-state index contributed by atoms with van der Waals surface area (Å²) in [6, 6.07) is 15.7. The van der Waals surface area contributed by atoms with E-state index < -0.39 is 11.6 Å². The van der Waals surface area contributed by atoms with Crippen LogP contribution in [0.4, 0.5) is 4.79 Å². The monoisotopic (exact) mass is 427 g/mol. The van der Waals surface area contributed by atoms with Gasteiger partial charge in [-0.05, 0) is 88.0 Å². The van der Waals surface area contributed by atoms with Crippen LogP contribution >= 0.6 is 11.3 Å². The molecule has 0 spiro atoms. The van der Waals surface area contributed by atoms with E-state index in [9.17, 15) is 9.90 Å². The second-order valence-electron chi connectivity index (χ2n) is 8.21. The van der Waals surface area contributed by atoms with E-state index in [0.717, 1.165) is 32.0 Å². The highest BCUT2D eigenvalue weighted by Gasteiger charge is 2.32. The number of fused-ring (bicyclic) bond motifs is 1. The number of benzene rings is 2. The third-order valence-electron chi connectivity index (χ3n) is 4.87. The Bertz CT molecular complexity index is 1000. The summed E-state index contributed by atoms with van der Waals surface area (Å²) in [6.07, 6.45) is -0.906. The van der Waals surface area contributed by atoms with Crippen LogP contribution in [-0.2, 0) is 6.61 Å². The third-order valence-corrected chi connectivity index (χ3v) is 6.15. The molecule has 1 atom stereocenters. The Hall–Kier alpha value is -2.73. The number of hydrogen-bond donors (Lipinski definition) is 1. The zero-order valence-electron chi connectivity index (χ0n) is 18.1. The highest BCUT2D eigenvalue weighted by molar-refractivity contribution is 7.19. The minimum atomic E-state index is -0.906. The van der Waals surface area contributed by atoms with Crippen molar-refractivity contribution in [2.45, 2.75) is 52.8 Å². The van der Waals surface area contributed by atoms with Crippen LogP contribution in [0.2, 0.25) is 0 Å². The summed E-state index contributed by atoms with van der Waals surface area (Å²) in [6.45, 7) is 10.8. The lowest BCUT2D eigenvalue weighted by Gasteiger charge is -2.37. The van der Waals surface area contributed by atoms with E-state index in [1.54, 1.807) is 11.3 Å². The normalized spacial score (nSPS) is 12.6. The van der Waals surface area contributed by atoms with Gasteiger partial charge in [0.05, 0.1) is 12.6 Å². The van der Waals surface area contributed by atoms with Gasteiger partial charge >= 0.3 is 6.09 Å². The first-order valence-electron chi connectivity index (χ1n) is 10.1. The van der Waals surface area contributed by atoms with Crippen LogP contribution in [0.3, 0.4) is 0 Å². The van der Waals surface area contributed by atoms with Crippen LogP contribution in [0.15, 0.2) is 48.5 Å². The van der Waals surface area contributed by atoms with Gasteiger partial charge in [0, 0.05) is 15.1 Å². The minimum Gasteiger partial charge on any atom is -0.494 e. The molecule has 1 heterocycles. The van der Waals surface area contributed by atoms with Crippen LogP contribution in [0.25, 0.3) is 10.1 Å². The summed E-state index contributed by atoms with van der Waals surface area (Å²) >= 11 is 1.64. The van der Waals surface area contributed by atoms with Crippen molar-refractivity contribution < 1.29 is 19.4 Å². The molecule has 3 aromatic rings. The number of amides is 1. The summed E-state index contributed by atoms with van der Waals surface area (Å²) < 4.78 is 12.5. The molecule has 0 radical (unpaired) electrons. The summed E-state index contributed by atoms with van der Waals surface area (Å²) in [7, 11) is 0. The van der Waals surface area contributed by atoms with Gasteiger partial charge in [-0.15, -0.1) is 11.3 Å². The maximum atomic E-state index is 11.8. The number of ether oxygens (including phenoxy) is 2. The fourth-order valence-electron chi connectivity index (χ4n) is 3.54. The van der Waals surface area contributed by atoms with Crippen LogP contribution < -0.4 is 9.47 Å². The van der Waals surface area contributed by atoms with Crippen molar-refractivity contribution in [2.75, 3.05) is 6.61 Å². The molecule has 2 aromatic carbocycles. The predicted octanol–water partition coefficient (Wildman–Crippen LogP) is 6.72. The molecule has 5 nitrogen and oxygen atoms in total. The molecule has 0 aliphatic carbocycles. The fourth-order valence-corrected chi connectivity index (χ4v) is 4.62. The Labute approximate surface area is 181 Å². The van der Waals surface area contributed by atoms with Gasteiger partial charge in [0.25, 0.3) is 0 Å². The summed E-state index contributed by atoms with van der Waals surface area (Å²) in [5.74, 6) is 1.62. The number of nitrogens with zero attached hydrogens (tertiary/aromatic N) is 1. The first-order chi connectivity index (χ1) is 14.2. The maximum absolute atomic E-state index is 11.8. The molecule has 0 saturated carbocycles. The van der Waals surface area contributed by atoms with Gasteiger partial charge in [0.1, 0.15) is 18.1 Å². The molecule has 160 valence electrons. The van der Waals surface area contributed by atoms with E-state index in [2.05, 4.69) is 24.3 Å². The topological polar surface area (TPSA) is 59.0 Å². The van der Waals surface area contributed by atoms with Gasteiger partial charge in [-0.2, -0.15) is 0 Å². The predicted molar refractivity (Wildman–Crippen MR) is 122 cm³/mol. The molecule has 0 fully saturated rings. The highest BCUT2D eigenvalue weighted by atomic mass is 32.1. The molecule has 1 amide bonds. The van der Waals surface area contributed by atoms with Crippen LogP contribution in [-0.4, -0.2) is 28.2 Å². The average Bonchev–Trinajstić information content (AvgIpc) is 3.10. The quantitative estimate of drug-likeness (QED) is 0.455. The zero-order valence-corrected chi connectivity index (χ0v) is 19.0. The Balaban J connectivity index is 1.74. The molecule has 0 aliphatic heterocycles. The first kappa shape index (κ1) is 22.0. The Morgan fingerprint density at radius 2 is 1.70 bits per heavy atom. The molecule has 0 saturated heterocycles. The van der Waals surface area contributed by atoms with E-state index in [-0.39, 0.29) is 6.04 Å². The van der Waals surface area contributed by atoms with Crippen molar-refractivity contribution >= 4 is 27.5 Å². The van der Waals surface area contributed by atoms with Crippen molar-refractivity contribution in [2.24, 2.45) is 0 Å². The third kappa shape index (κ3) is 5.05. The molecule has 3 rings (SSSR count). The van der Waals surface area contributed by atoms with E-state index in [4.69, 9.17) is 9.47 Å². The lowest BCUT2D eigenvalue weighted by Crippen LogP contribution is -2.46. The van der Waals surface area contributed by atoms with Crippen LogP contribution in [0.5, 0.6) is 11.5 Å². The maximum Gasteiger partial charge on any atom is 0.408 e. The molecule has 0 bridgehead atoms. The molecule has 0 aliphatic rings. The van der Waals surface area contributed by atoms with E-state index in [1.165, 1.54) is 4.90 Å². The van der Waals surface area contributed by atoms with E-state index >= 15 is 0 Å². The van der Waals surface area contributed by atoms with Gasteiger partial charge in [0.2, 0.25) is 0 Å². The number of rotatable bonds is 7. The van der Waals surface area contributed by atoms with Crippen molar-refractivity contribution in [1.29, 1.82) is 0 Å². The SMILES string of the molecule is CCOc1ccc(OCc2ccc3sc(C(C)N(C(=O)O)C(C)(C)C)cc3c2)cc1. The van der Waals surface area contributed by atoms with Gasteiger partial charge in [-0.1, -0.05) is 6.07 Å². The van der Waals surface area contributed by atoms with Crippen LogP contribution in [0.1, 0.15) is 51.1 Å². The molecule has 1 N–H and O–H groups in total. The Morgan fingerprint density at radius 3 is 2.27 bits per heavy atom. The second-order valence-corrected chi connectivity index (χ2v) is 9.33. The van der Waals surface area contributed by atoms with Gasteiger partial charge < -0.3 is 14.6 Å². The van der Waals surface area contributed by atoms with Gasteiger partial charge in [-0.25, -0.2) is 4.79 Å². The second kappa shape index (κ2) is 8.96. The highest BCUT2D eigenvalue weighted by Crippen LogP contribution is 2.36. The molecule has 1 aromatic heterocycles. The lowest BCUT2D eigenvalue weighted by atomic mass is 10.0. The van der Waals surface area contributed by atoms with Crippen LogP contribution in [0, 0.1) is 0 Å². The Morgan fingerprint density at radius 1 is 1.07 bits per heavy atom. The summed E-state index contributed by atoms with van der Waals surface area (Å²) in [4.78, 5) is 14.4. The van der Waals surface area contributed by atoms with Crippen molar-refractivity contribution in [3.63, 3.8) is 0 Å². The van der Waals surface area contributed by atoms with E-state index in [1.807, 2.05) is 58.9 Å². The van der Waals surface area contributed by atoms with Gasteiger partial charge in [0.15, 0.2) is 0 Å². The smallest absolute Gasteiger partial charge is 0.408 e. The molecular weight excluding hydrogens is 398 g/mol. The molecule has 6 heteroatoms. The molecular formula is C24H29NO4S. The van der Waals surface area contributed by atoms with Crippen molar-refractivity contribution in [3.8, 4) is 11.5 Å². The molecule has 30 heavy (non-hydrogen) atoms. The number of carboxylic acid groups (broad SMARTS) is 1.